The molecule has 2 aromatic rings. The number of hydrogen-bond acceptors (Lipinski definition) is 4. The van der Waals surface area contributed by atoms with Crippen LogP contribution in [0, 0.1) is 17.0 Å². The van der Waals surface area contributed by atoms with Crippen LogP contribution in [0.1, 0.15) is 30.4 Å². The van der Waals surface area contributed by atoms with Gasteiger partial charge in [0, 0.05) is 30.4 Å². The van der Waals surface area contributed by atoms with Gasteiger partial charge >= 0.3 is 0 Å². The van der Waals surface area contributed by atoms with Crippen molar-refractivity contribution < 1.29 is 9.72 Å². The van der Waals surface area contributed by atoms with Gasteiger partial charge in [0.2, 0.25) is 5.91 Å². The van der Waals surface area contributed by atoms with E-state index in [0.717, 1.165) is 37.2 Å². The van der Waals surface area contributed by atoms with Crippen LogP contribution in [0.25, 0.3) is 0 Å². The Morgan fingerprint density at radius 1 is 1.07 bits per heavy atom. The van der Waals surface area contributed by atoms with E-state index in [2.05, 4.69) is 0 Å². The molecule has 0 saturated carbocycles. The number of likely N-dealkylation sites (tertiary alicyclic amines) is 1. The van der Waals surface area contributed by atoms with Crippen molar-refractivity contribution in [1.29, 1.82) is 0 Å². The molecule has 27 heavy (non-hydrogen) atoms. The van der Waals surface area contributed by atoms with E-state index in [0.29, 0.717) is 12.1 Å². The summed E-state index contributed by atoms with van der Waals surface area (Å²) in [7, 11) is 0. The number of carbonyl (C=O) groups excluding carboxylic acids is 1. The topological polar surface area (TPSA) is 66.7 Å². The van der Waals surface area contributed by atoms with Crippen molar-refractivity contribution in [3.63, 3.8) is 0 Å². The summed E-state index contributed by atoms with van der Waals surface area (Å²) in [6.07, 6.45) is 3.25. The lowest BCUT2D eigenvalue weighted by atomic mass is 10.1. The number of nitro groups is 1. The smallest absolute Gasteiger partial charge is 0.274 e. The number of piperidine rings is 1. The van der Waals surface area contributed by atoms with Gasteiger partial charge in [-0.2, -0.15) is 0 Å². The predicted octanol–water partition coefficient (Wildman–Crippen LogP) is 3.92. The Morgan fingerprint density at radius 2 is 1.74 bits per heavy atom. The minimum Gasteiger partial charge on any atom is -0.358 e. The summed E-state index contributed by atoms with van der Waals surface area (Å²) in [5.74, 6) is 0.0776. The van der Waals surface area contributed by atoms with Gasteiger partial charge in [0.1, 0.15) is 0 Å². The van der Waals surface area contributed by atoms with Gasteiger partial charge in [0.05, 0.1) is 18.0 Å². The largest absolute Gasteiger partial charge is 0.358 e. The molecule has 0 aromatic heterocycles. The quantitative estimate of drug-likeness (QED) is 0.573. The zero-order valence-corrected chi connectivity index (χ0v) is 15.6. The highest BCUT2D eigenvalue weighted by atomic mass is 16.6. The number of nitrogens with zero attached hydrogens (tertiary/aromatic N) is 3. The molecule has 1 aliphatic rings. The number of benzene rings is 2. The summed E-state index contributed by atoms with van der Waals surface area (Å²) in [6, 6.07) is 14.6. The maximum Gasteiger partial charge on any atom is 0.274 e. The Labute approximate surface area is 159 Å². The van der Waals surface area contributed by atoms with E-state index in [1.54, 1.807) is 18.2 Å². The molecule has 142 valence electrons. The number of amides is 1. The molecule has 0 aliphatic carbocycles. The van der Waals surface area contributed by atoms with Gasteiger partial charge < -0.3 is 9.80 Å². The molecule has 1 aliphatic heterocycles. The van der Waals surface area contributed by atoms with Crippen molar-refractivity contribution in [2.45, 2.75) is 32.7 Å². The van der Waals surface area contributed by atoms with Crippen LogP contribution in [0.2, 0.25) is 0 Å². The highest BCUT2D eigenvalue weighted by Crippen LogP contribution is 2.24. The SMILES string of the molecule is Cc1ccc(N(CC(=O)N2CCCCC2)Cc2ccccc2[N+](=O)[O-])cc1. The first-order valence-electron chi connectivity index (χ1n) is 9.36. The molecule has 1 fully saturated rings. The van der Waals surface area contributed by atoms with Crippen LogP contribution in [0.3, 0.4) is 0 Å². The molecular weight excluding hydrogens is 342 g/mol. The Morgan fingerprint density at radius 3 is 2.41 bits per heavy atom. The number of nitro benzene ring substituents is 1. The lowest BCUT2D eigenvalue weighted by Gasteiger charge is -2.31. The van der Waals surface area contributed by atoms with Crippen molar-refractivity contribution in [2.75, 3.05) is 24.5 Å². The summed E-state index contributed by atoms with van der Waals surface area (Å²) >= 11 is 0. The van der Waals surface area contributed by atoms with Crippen LogP contribution >= 0.6 is 0 Å². The van der Waals surface area contributed by atoms with Gasteiger partial charge in [-0.05, 0) is 38.3 Å². The average molecular weight is 367 g/mol. The molecule has 6 nitrogen and oxygen atoms in total. The Kier molecular flexibility index (Phi) is 6.06. The Hall–Kier alpha value is -2.89. The number of rotatable bonds is 6. The second-order valence-corrected chi connectivity index (χ2v) is 7.02. The first-order valence-corrected chi connectivity index (χ1v) is 9.36. The van der Waals surface area contributed by atoms with E-state index in [4.69, 9.17) is 0 Å². The Bertz CT molecular complexity index is 799. The second-order valence-electron chi connectivity index (χ2n) is 7.02. The second kappa shape index (κ2) is 8.66. The number of carbonyl (C=O) groups is 1. The first kappa shape index (κ1) is 18.9. The fourth-order valence-electron chi connectivity index (χ4n) is 3.43. The summed E-state index contributed by atoms with van der Waals surface area (Å²) < 4.78 is 0. The summed E-state index contributed by atoms with van der Waals surface area (Å²) in [5, 5.41) is 11.4. The number of aryl methyl sites for hydroxylation is 1. The molecule has 0 atom stereocenters. The van der Waals surface area contributed by atoms with Crippen molar-refractivity contribution >= 4 is 17.3 Å². The van der Waals surface area contributed by atoms with E-state index < -0.39 is 0 Å². The molecule has 1 heterocycles. The van der Waals surface area contributed by atoms with Crippen LogP contribution in [-0.2, 0) is 11.3 Å². The van der Waals surface area contributed by atoms with Crippen LogP contribution in [0.15, 0.2) is 48.5 Å². The molecular formula is C21H25N3O3. The Balaban J connectivity index is 1.85. The van der Waals surface area contributed by atoms with Gasteiger partial charge in [-0.3, -0.25) is 14.9 Å². The van der Waals surface area contributed by atoms with Crippen molar-refractivity contribution in [3.8, 4) is 0 Å². The number of para-hydroxylation sites is 1. The van der Waals surface area contributed by atoms with Crippen LogP contribution in [0.4, 0.5) is 11.4 Å². The minimum atomic E-state index is -0.366. The summed E-state index contributed by atoms with van der Waals surface area (Å²) in [5.41, 5.74) is 2.71. The lowest BCUT2D eigenvalue weighted by Crippen LogP contribution is -2.42. The van der Waals surface area contributed by atoms with E-state index >= 15 is 0 Å². The highest BCUT2D eigenvalue weighted by molar-refractivity contribution is 5.81. The monoisotopic (exact) mass is 367 g/mol. The van der Waals surface area contributed by atoms with Gasteiger partial charge in [-0.25, -0.2) is 0 Å². The van der Waals surface area contributed by atoms with E-state index in [-0.39, 0.29) is 23.1 Å². The third-order valence-corrected chi connectivity index (χ3v) is 4.98. The van der Waals surface area contributed by atoms with Gasteiger partial charge in [-0.15, -0.1) is 0 Å². The van der Waals surface area contributed by atoms with Gasteiger partial charge in [0.25, 0.3) is 5.69 Å². The molecule has 6 heteroatoms. The van der Waals surface area contributed by atoms with Crippen molar-refractivity contribution in [1.82, 2.24) is 4.90 Å². The van der Waals surface area contributed by atoms with Crippen molar-refractivity contribution in [2.24, 2.45) is 0 Å². The molecule has 3 rings (SSSR count). The van der Waals surface area contributed by atoms with E-state index in [9.17, 15) is 14.9 Å². The maximum absolute atomic E-state index is 12.8. The normalized spacial score (nSPS) is 14.0. The summed E-state index contributed by atoms with van der Waals surface area (Å²) in [4.78, 5) is 27.6. The molecule has 0 unspecified atom stereocenters. The van der Waals surface area contributed by atoms with E-state index in [1.165, 1.54) is 12.5 Å². The highest BCUT2D eigenvalue weighted by Gasteiger charge is 2.22. The fourth-order valence-corrected chi connectivity index (χ4v) is 3.43. The molecule has 2 aromatic carbocycles. The molecule has 0 radical (unpaired) electrons. The standard InChI is InChI=1S/C21H25N3O3/c1-17-9-11-19(12-10-17)23(16-21(25)22-13-5-2-6-14-22)15-18-7-3-4-8-20(18)24(26)27/h3-4,7-12H,2,5-6,13-16H2,1H3. The third-order valence-electron chi connectivity index (χ3n) is 4.98. The predicted molar refractivity (Wildman–Crippen MR) is 106 cm³/mol. The molecule has 0 spiro atoms. The van der Waals surface area contributed by atoms with Gasteiger partial charge in [-0.1, -0.05) is 35.9 Å². The average Bonchev–Trinajstić information content (AvgIpc) is 2.69. The molecule has 0 bridgehead atoms. The van der Waals surface area contributed by atoms with E-state index in [1.807, 2.05) is 41.0 Å². The van der Waals surface area contributed by atoms with Crippen LogP contribution in [-0.4, -0.2) is 35.4 Å². The maximum atomic E-state index is 12.8. The zero-order valence-electron chi connectivity index (χ0n) is 15.6. The molecule has 1 saturated heterocycles. The van der Waals surface area contributed by atoms with Gasteiger partial charge in [0.15, 0.2) is 0 Å². The van der Waals surface area contributed by atoms with Crippen LogP contribution < -0.4 is 4.90 Å². The molecule has 0 N–H and O–H groups in total. The number of anilines is 1. The first-order chi connectivity index (χ1) is 13.0. The minimum absolute atomic E-state index is 0.0776. The summed E-state index contributed by atoms with van der Waals surface area (Å²) in [6.45, 7) is 4.14. The fraction of sp³-hybridized carbons (Fsp3) is 0.381. The lowest BCUT2D eigenvalue weighted by molar-refractivity contribution is -0.385. The molecule has 1 amide bonds. The number of hydrogen-bond donors (Lipinski definition) is 0. The third kappa shape index (κ3) is 4.84. The zero-order chi connectivity index (χ0) is 19.2. The van der Waals surface area contributed by atoms with Crippen molar-refractivity contribution in [3.05, 3.63) is 69.8 Å². The van der Waals surface area contributed by atoms with Crippen LogP contribution in [0.5, 0.6) is 0 Å².